The molecule has 0 aromatic heterocycles. The molecule has 2 aromatic rings. The Hall–Kier alpha value is -3.86. The lowest BCUT2D eigenvalue weighted by Gasteiger charge is -2.35. The Kier molecular flexibility index (Phi) is 10.9. The van der Waals surface area contributed by atoms with Gasteiger partial charge in [-0.15, -0.1) is 0 Å². The van der Waals surface area contributed by atoms with Crippen LogP contribution in [0.4, 0.5) is 20.6 Å². The Morgan fingerprint density at radius 1 is 0.951 bits per heavy atom. The van der Waals surface area contributed by atoms with E-state index in [1.807, 2.05) is 20.8 Å². The van der Waals surface area contributed by atoms with Gasteiger partial charge >= 0.3 is 6.09 Å². The highest BCUT2D eigenvalue weighted by Gasteiger charge is 2.28. The molecule has 224 valence electrons. The van der Waals surface area contributed by atoms with Crippen molar-refractivity contribution < 1.29 is 23.5 Å². The van der Waals surface area contributed by atoms with E-state index in [1.54, 1.807) is 34.1 Å². The van der Waals surface area contributed by atoms with Crippen molar-refractivity contribution >= 4 is 29.3 Å². The number of halogens is 1. The topological polar surface area (TPSA) is 134 Å². The van der Waals surface area contributed by atoms with Crippen molar-refractivity contribution in [2.75, 3.05) is 57.3 Å². The van der Waals surface area contributed by atoms with Gasteiger partial charge in [0.15, 0.2) is 0 Å². The third kappa shape index (κ3) is 9.34. The Bertz CT molecular complexity index is 1190. The molecular weight excluding hydrogens is 527 g/mol. The van der Waals surface area contributed by atoms with E-state index in [2.05, 4.69) is 17.1 Å². The zero-order chi connectivity index (χ0) is 30.2. The minimum atomic E-state index is -0.537. The summed E-state index contributed by atoms with van der Waals surface area (Å²) in [6.45, 7) is 12.2. The molecule has 5 N–H and O–H groups in total. The molecular formula is C30H43FN6O4. The first-order valence-corrected chi connectivity index (χ1v) is 14.1. The number of piperazine rings is 1. The Labute approximate surface area is 241 Å². The normalized spacial score (nSPS) is 17.4. The zero-order valence-corrected chi connectivity index (χ0v) is 24.5. The molecule has 10 nitrogen and oxygen atoms in total. The van der Waals surface area contributed by atoms with E-state index >= 15 is 0 Å². The number of nitrogens with one attached hydrogen (secondary N) is 1. The van der Waals surface area contributed by atoms with Crippen molar-refractivity contribution in [3.63, 3.8) is 0 Å². The molecule has 3 amide bonds. The van der Waals surface area contributed by atoms with Gasteiger partial charge in [0.1, 0.15) is 11.4 Å². The smallest absolute Gasteiger partial charge is 0.410 e. The minimum absolute atomic E-state index is 0.0149. The molecule has 2 aliphatic heterocycles. The number of rotatable bonds is 5. The van der Waals surface area contributed by atoms with E-state index in [9.17, 15) is 18.8 Å². The van der Waals surface area contributed by atoms with Gasteiger partial charge < -0.3 is 31.3 Å². The highest BCUT2D eigenvalue weighted by Crippen LogP contribution is 2.17. The van der Waals surface area contributed by atoms with E-state index < -0.39 is 17.3 Å². The molecule has 1 atom stereocenters. The van der Waals surface area contributed by atoms with Crippen LogP contribution < -0.4 is 16.8 Å². The van der Waals surface area contributed by atoms with Crippen molar-refractivity contribution in [1.29, 1.82) is 0 Å². The van der Waals surface area contributed by atoms with E-state index in [1.165, 1.54) is 18.2 Å². The lowest BCUT2D eigenvalue weighted by Crippen LogP contribution is -2.51. The first-order chi connectivity index (χ1) is 19.4. The van der Waals surface area contributed by atoms with Gasteiger partial charge in [-0.05, 0) is 89.2 Å². The van der Waals surface area contributed by atoms with Crippen molar-refractivity contribution in [3.05, 3.63) is 59.4 Å². The Morgan fingerprint density at radius 3 is 2.17 bits per heavy atom. The van der Waals surface area contributed by atoms with E-state index in [0.29, 0.717) is 55.7 Å². The molecule has 4 rings (SSSR count). The average molecular weight is 571 g/mol. The number of hydrogen-bond donors (Lipinski definition) is 3. The Morgan fingerprint density at radius 2 is 1.56 bits per heavy atom. The fraction of sp³-hybridized carbons (Fsp3) is 0.500. The molecule has 2 aromatic carbocycles. The number of amides is 3. The van der Waals surface area contributed by atoms with Gasteiger partial charge in [-0.1, -0.05) is 6.92 Å². The fourth-order valence-electron chi connectivity index (χ4n) is 4.79. The maximum Gasteiger partial charge on any atom is 0.410 e. The molecule has 0 radical (unpaired) electrons. The zero-order valence-electron chi connectivity index (χ0n) is 24.5. The second-order valence-corrected chi connectivity index (χ2v) is 11.3. The van der Waals surface area contributed by atoms with Gasteiger partial charge in [-0.3, -0.25) is 14.5 Å². The van der Waals surface area contributed by atoms with Crippen LogP contribution in [0.1, 0.15) is 61.3 Å². The van der Waals surface area contributed by atoms with Gasteiger partial charge in [0.05, 0.1) is 5.56 Å². The summed E-state index contributed by atoms with van der Waals surface area (Å²) in [6, 6.07) is 11.3. The van der Waals surface area contributed by atoms with Crippen molar-refractivity contribution in [2.24, 2.45) is 0 Å². The third-order valence-corrected chi connectivity index (χ3v) is 7.01. The van der Waals surface area contributed by atoms with Crippen LogP contribution in [0.2, 0.25) is 0 Å². The number of carbonyl (C=O) groups excluding carboxylic acids is 3. The van der Waals surface area contributed by atoms with Crippen LogP contribution in [-0.4, -0.2) is 90.1 Å². The summed E-state index contributed by atoms with van der Waals surface area (Å²) < 4.78 is 18.9. The summed E-state index contributed by atoms with van der Waals surface area (Å²) in [6.07, 6.45) is 1.90. The molecule has 2 fully saturated rings. The minimum Gasteiger partial charge on any atom is -0.444 e. The van der Waals surface area contributed by atoms with Gasteiger partial charge in [-0.25, -0.2) is 9.18 Å². The molecule has 0 aliphatic carbocycles. The van der Waals surface area contributed by atoms with Crippen LogP contribution in [0.15, 0.2) is 42.5 Å². The molecule has 2 saturated heterocycles. The number of ether oxygens (including phenoxy) is 1. The number of benzene rings is 2. The maximum atomic E-state index is 13.5. The van der Waals surface area contributed by atoms with Crippen LogP contribution >= 0.6 is 0 Å². The lowest BCUT2D eigenvalue weighted by molar-refractivity contribution is 0.0141. The number of carbonyl (C=O) groups is 3. The van der Waals surface area contributed by atoms with Crippen LogP contribution in [0, 0.1) is 5.82 Å². The van der Waals surface area contributed by atoms with Crippen molar-refractivity contribution in [2.45, 2.75) is 52.2 Å². The molecule has 2 aliphatic rings. The molecule has 0 saturated carbocycles. The number of anilines is 2. The SMILES string of the molecule is CC(C)(C)OC(=O)N1CCN(C(=O)c2ccc(N)cc2)CC1.CCN1CCCC1CNC(=O)c1cc(N)ccc1F. The highest BCUT2D eigenvalue weighted by molar-refractivity contribution is 5.95. The predicted octanol–water partition coefficient (Wildman–Crippen LogP) is 3.58. The molecule has 0 spiro atoms. The Balaban J connectivity index is 0.000000228. The number of hydrogen-bond acceptors (Lipinski definition) is 7. The van der Waals surface area contributed by atoms with E-state index in [-0.39, 0.29) is 17.6 Å². The second-order valence-electron chi connectivity index (χ2n) is 11.3. The molecule has 1 unspecified atom stereocenters. The number of likely N-dealkylation sites (N-methyl/N-ethyl adjacent to an activating group) is 1. The van der Waals surface area contributed by atoms with Gasteiger partial charge in [0.2, 0.25) is 0 Å². The van der Waals surface area contributed by atoms with E-state index in [4.69, 9.17) is 16.2 Å². The molecule has 2 heterocycles. The summed E-state index contributed by atoms with van der Waals surface area (Å²) in [5.74, 6) is -0.970. The predicted molar refractivity (Wildman–Crippen MR) is 158 cm³/mol. The van der Waals surface area contributed by atoms with E-state index in [0.717, 1.165) is 25.9 Å². The maximum absolute atomic E-state index is 13.5. The second kappa shape index (κ2) is 14.2. The highest BCUT2D eigenvalue weighted by atomic mass is 19.1. The number of nitrogens with zero attached hydrogens (tertiary/aromatic N) is 3. The number of nitrogen functional groups attached to an aromatic ring is 2. The fourth-order valence-corrected chi connectivity index (χ4v) is 4.79. The first kappa shape index (κ1) is 31.7. The van der Waals surface area contributed by atoms with Gasteiger partial charge in [0.25, 0.3) is 11.8 Å². The third-order valence-electron chi connectivity index (χ3n) is 7.01. The monoisotopic (exact) mass is 570 g/mol. The lowest BCUT2D eigenvalue weighted by atomic mass is 10.1. The summed E-state index contributed by atoms with van der Waals surface area (Å²) in [5.41, 5.74) is 12.3. The summed E-state index contributed by atoms with van der Waals surface area (Å²) in [7, 11) is 0. The number of nitrogens with two attached hydrogens (primary N) is 2. The average Bonchev–Trinajstić information content (AvgIpc) is 3.40. The van der Waals surface area contributed by atoms with Crippen molar-refractivity contribution in [3.8, 4) is 0 Å². The van der Waals surface area contributed by atoms with Gasteiger partial charge in [0, 0.05) is 55.7 Å². The van der Waals surface area contributed by atoms with Crippen LogP contribution in [0.25, 0.3) is 0 Å². The molecule has 0 bridgehead atoms. The quantitative estimate of drug-likeness (QED) is 0.468. The van der Waals surface area contributed by atoms with Crippen LogP contribution in [-0.2, 0) is 4.74 Å². The molecule has 41 heavy (non-hydrogen) atoms. The largest absolute Gasteiger partial charge is 0.444 e. The summed E-state index contributed by atoms with van der Waals surface area (Å²) in [4.78, 5) is 42.0. The number of likely N-dealkylation sites (tertiary alicyclic amines) is 1. The first-order valence-electron chi connectivity index (χ1n) is 14.1. The molecule has 11 heteroatoms. The van der Waals surface area contributed by atoms with Crippen LogP contribution in [0.5, 0.6) is 0 Å². The summed E-state index contributed by atoms with van der Waals surface area (Å²) >= 11 is 0. The van der Waals surface area contributed by atoms with Crippen molar-refractivity contribution in [1.82, 2.24) is 20.0 Å². The standard InChI is InChI=1S/C16H23N3O3.C14H20FN3O/c1-16(2,3)22-15(21)19-10-8-18(9-11-19)14(20)12-4-6-13(17)7-5-12;1-2-18-7-3-4-11(18)9-17-14(19)12-8-10(16)5-6-13(12)15/h4-7H,8-11,17H2,1-3H3;5-6,8,11H,2-4,7,9,16H2,1H3,(H,17,19). The van der Waals surface area contributed by atoms with Crippen LogP contribution in [0.3, 0.4) is 0 Å². The summed E-state index contributed by atoms with van der Waals surface area (Å²) in [5, 5.41) is 2.80. The van der Waals surface area contributed by atoms with Gasteiger partial charge in [-0.2, -0.15) is 0 Å².